The average Bonchev–Trinajstić information content (AvgIpc) is 2.88. The second kappa shape index (κ2) is 6.33. The molecule has 2 atom stereocenters. The molecule has 0 aromatic heterocycles. The summed E-state index contributed by atoms with van der Waals surface area (Å²) in [6.07, 6.45) is 3.10. The zero-order valence-electron chi connectivity index (χ0n) is 11.6. The summed E-state index contributed by atoms with van der Waals surface area (Å²) in [5.74, 6) is -0.456. The van der Waals surface area contributed by atoms with Crippen LogP contribution in [0.2, 0.25) is 5.02 Å². The van der Waals surface area contributed by atoms with Crippen molar-refractivity contribution in [1.82, 2.24) is 0 Å². The number of ether oxygens (including phenoxy) is 2. The summed E-state index contributed by atoms with van der Waals surface area (Å²) in [6, 6.07) is 3.42. The SMILES string of the molecule is COC(=O)c1cc(N)cc(Cl)c1NC1CCC(OC)C1. The molecule has 2 unspecified atom stereocenters. The Morgan fingerprint density at radius 2 is 2.15 bits per heavy atom. The van der Waals surface area contributed by atoms with Gasteiger partial charge in [0.15, 0.2) is 0 Å². The van der Waals surface area contributed by atoms with Crippen molar-refractivity contribution >= 4 is 28.9 Å². The molecule has 0 bridgehead atoms. The fourth-order valence-corrected chi connectivity index (χ4v) is 2.82. The van der Waals surface area contributed by atoms with E-state index in [4.69, 9.17) is 26.8 Å². The number of methoxy groups -OCH3 is 2. The standard InChI is InChI=1S/C14H19ClN2O3/c1-19-10-4-3-9(7-10)17-13-11(14(18)20-2)5-8(16)6-12(13)15/h5-6,9-10,17H,3-4,7,16H2,1-2H3. The number of nitrogens with two attached hydrogens (primary N) is 1. The lowest BCUT2D eigenvalue weighted by Crippen LogP contribution is -2.20. The number of anilines is 2. The van der Waals surface area contributed by atoms with Crippen LogP contribution in [0, 0.1) is 0 Å². The molecule has 0 spiro atoms. The first-order valence-electron chi connectivity index (χ1n) is 6.51. The zero-order valence-corrected chi connectivity index (χ0v) is 12.4. The topological polar surface area (TPSA) is 73.6 Å². The number of hydrogen-bond acceptors (Lipinski definition) is 5. The number of hydrogen-bond donors (Lipinski definition) is 2. The Labute approximate surface area is 123 Å². The maximum Gasteiger partial charge on any atom is 0.340 e. The molecule has 6 heteroatoms. The van der Waals surface area contributed by atoms with Crippen molar-refractivity contribution in [1.29, 1.82) is 0 Å². The van der Waals surface area contributed by atoms with Crippen molar-refractivity contribution < 1.29 is 14.3 Å². The molecule has 110 valence electrons. The molecule has 1 saturated carbocycles. The molecule has 5 nitrogen and oxygen atoms in total. The Hall–Kier alpha value is -1.46. The maximum atomic E-state index is 11.8. The quantitative estimate of drug-likeness (QED) is 0.660. The van der Waals surface area contributed by atoms with Crippen molar-refractivity contribution in [2.24, 2.45) is 0 Å². The smallest absolute Gasteiger partial charge is 0.340 e. The van der Waals surface area contributed by atoms with Gasteiger partial charge < -0.3 is 20.5 Å². The van der Waals surface area contributed by atoms with Crippen LogP contribution in [-0.4, -0.2) is 32.3 Å². The minimum atomic E-state index is -0.456. The summed E-state index contributed by atoms with van der Waals surface area (Å²) in [7, 11) is 3.04. The summed E-state index contributed by atoms with van der Waals surface area (Å²) in [4.78, 5) is 11.8. The Kier molecular flexibility index (Phi) is 4.73. The molecule has 2 rings (SSSR count). The van der Waals surface area contributed by atoms with Crippen LogP contribution in [0.15, 0.2) is 12.1 Å². The van der Waals surface area contributed by atoms with Gasteiger partial charge in [0.1, 0.15) is 0 Å². The van der Waals surface area contributed by atoms with Gasteiger partial charge in [-0.15, -0.1) is 0 Å². The second-order valence-corrected chi connectivity index (χ2v) is 5.34. The lowest BCUT2D eigenvalue weighted by atomic mass is 10.1. The predicted molar refractivity (Wildman–Crippen MR) is 79.3 cm³/mol. The minimum Gasteiger partial charge on any atom is -0.465 e. The van der Waals surface area contributed by atoms with Crippen molar-refractivity contribution in [3.63, 3.8) is 0 Å². The molecule has 20 heavy (non-hydrogen) atoms. The van der Waals surface area contributed by atoms with Crippen molar-refractivity contribution in [3.05, 3.63) is 22.7 Å². The molecule has 3 N–H and O–H groups in total. The van der Waals surface area contributed by atoms with E-state index in [9.17, 15) is 4.79 Å². The van der Waals surface area contributed by atoms with E-state index < -0.39 is 5.97 Å². The van der Waals surface area contributed by atoms with Crippen molar-refractivity contribution in [2.75, 3.05) is 25.3 Å². The fraction of sp³-hybridized carbons (Fsp3) is 0.500. The molecule has 0 amide bonds. The molecule has 0 aliphatic heterocycles. The highest BCUT2D eigenvalue weighted by molar-refractivity contribution is 6.34. The first kappa shape index (κ1) is 14.9. The van der Waals surface area contributed by atoms with E-state index in [0.717, 1.165) is 19.3 Å². The van der Waals surface area contributed by atoms with E-state index in [1.54, 1.807) is 19.2 Å². The lowest BCUT2D eigenvalue weighted by Gasteiger charge is -2.18. The first-order valence-corrected chi connectivity index (χ1v) is 6.89. The molecular formula is C14H19ClN2O3. The highest BCUT2D eigenvalue weighted by Crippen LogP contribution is 2.33. The molecule has 1 aliphatic carbocycles. The molecular weight excluding hydrogens is 280 g/mol. The number of halogens is 1. The zero-order chi connectivity index (χ0) is 14.7. The minimum absolute atomic E-state index is 0.226. The molecule has 1 aliphatic rings. The third-order valence-electron chi connectivity index (χ3n) is 3.58. The average molecular weight is 299 g/mol. The maximum absolute atomic E-state index is 11.8. The van der Waals surface area contributed by atoms with Crippen molar-refractivity contribution in [3.8, 4) is 0 Å². The lowest BCUT2D eigenvalue weighted by molar-refractivity contribution is 0.0602. The van der Waals surface area contributed by atoms with Gasteiger partial charge in [0.2, 0.25) is 0 Å². The number of benzene rings is 1. The van der Waals surface area contributed by atoms with Crippen LogP contribution in [0.5, 0.6) is 0 Å². The van der Waals surface area contributed by atoms with Gasteiger partial charge in [-0.05, 0) is 31.4 Å². The van der Waals surface area contributed by atoms with Crippen LogP contribution in [-0.2, 0) is 9.47 Å². The van der Waals surface area contributed by atoms with Crippen molar-refractivity contribution in [2.45, 2.75) is 31.4 Å². The molecule has 0 heterocycles. The Morgan fingerprint density at radius 3 is 2.75 bits per heavy atom. The van der Waals surface area contributed by atoms with Gasteiger partial charge >= 0.3 is 5.97 Å². The fourth-order valence-electron chi connectivity index (χ4n) is 2.53. The van der Waals surface area contributed by atoms with E-state index in [-0.39, 0.29) is 12.1 Å². The van der Waals surface area contributed by atoms with Gasteiger partial charge in [0.05, 0.1) is 29.5 Å². The normalized spacial score (nSPS) is 21.8. The van der Waals surface area contributed by atoms with Gasteiger partial charge in [-0.1, -0.05) is 11.6 Å². The number of carbonyl (C=O) groups is 1. The second-order valence-electron chi connectivity index (χ2n) is 4.93. The summed E-state index contributed by atoms with van der Waals surface area (Å²) in [6.45, 7) is 0. The number of esters is 1. The van der Waals surface area contributed by atoms with E-state index in [2.05, 4.69) is 5.32 Å². The Morgan fingerprint density at radius 1 is 1.40 bits per heavy atom. The molecule has 1 aromatic rings. The van der Waals surface area contributed by atoms with Gasteiger partial charge in [0, 0.05) is 18.8 Å². The molecule has 0 saturated heterocycles. The van der Waals surface area contributed by atoms with Crippen LogP contribution < -0.4 is 11.1 Å². The van der Waals surface area contributed by atoms with Crippen LogP contribution in [0.4, 0.5) is 11.4 Å². The molecule has 1 aromatic carbocycles. The molecule has 0 radical (unpaired) electrons. The number of carbonyl (C=O) groups excluding carboxylic acids is 1. The number of rotatable bonds is 4. The van der Waals surface area contributed by atoms with Crippen LogP contribution in [0.1, 0.15) is 29.6 Å². The van der Waals surface area contributed by atoms with Crippen LogP contribution in [0.3, 0.4) is 0 Å². The molecule has 1 fully saturated rings. The highest BCUT2D eigenvalue weighted by atomic mass is 35.5. The van der Waals surface area contributed by atoms with Crippen LogP contribution in [0.25, 0.3) is 0 Å². The number of nitrogens with one attached hydrogen (secondary N) is 1. The summed E-state index contributed by atoms with van der Waals surface area (Å²) >= 11 is 6.20. The van der Waals surface area contributed by atoms with E-state index in [1.165, 1.54) is 7.11 Å². The van der Waals surface area contributed by atoms with E-state index in [1.807, 2.05) is 0 Å². The predicted octanol–water partition coefficient (Wildman–Crippen LogP) is 2.69. The highest BCUT2D eigenvalue weighted by Gasteiger charge is 2.26. The van der Waals surface area contributed by atoms with Gasteiger partial charge in [-0.3, -0.25) is 0 Å². The van der Waals surface area contributed by atoms with E-state index in [0.29, 0.717) is 22.0 Å². The first-order chi connectivity index (χ1) is 9.55. The van der Waals surface area contributed by atoms with E-state index >= 15 is 0 Å². The number of nitrogen functional groups attached to an aromatic ring is 1. The van der Waals surface area contributed by atoms with Crippen LogP contribution >= 0.6 is 11.6 Å². The van der Waals surface area contributed by atoms with Gasteiger partial charge in [-0.2, -0.15) is 0 Å². The Bertz CT molecular complexity index is 507. The largest absolute Gasteiger partial charge is 0.465 e. The third kappa shape index (κ3) is 3.16. The summed E-state index contributed by atoms with van der Waals surface area (Å²) < 4.78 is 10.1. The third-order valence-corrected chi connectivity index (χ3v) is 3.88. The van der Waals surface area contributed by atoms with Gasteiger partial charge in [-0.25, -0.2) is 4.79 Å². The monoisotopic (exact) mass is 298 g/mol. The Balaban J connectivity index is 2.24. The summed E-state index contributed by atoms with van der Waals surface area (Å²) in [5, 5.41) is 3.74. The summed E-state index contributed by atoms with van der Waals surface area (Å²) in [5.41, 5.74) is 7.10. The van der Waals surface area contributed by atoms with Gasteiger partial charge in [0.25, 0.3) is 0 Å².